The second kappa shape index (κ2) is 7.17. The summed E-state index contributed by atoms with van der Waals surface area (Å²) in [5.74, 6) is 0. The first-order valence-electron chi connectivity index (χ1n) is 5.87. The number of nitrogens with two attached hydrogens (primary N) is 1. The van der Waals surface area contributed by atoms with Crippen LogP contribution in [0.2, 0.25) is 0 Å². The molecule has 2 N–H and O–H groups in total. The van der Waals surface area contributed by atoms with Crippen molar-refractivity contribution in [2.24, 2.45) is 5.73 Å². The van der Waals surface area contributed by atoms with Crippen LogP contribution in [0.25, 0.3) is 0 Å². The lowest BCUT2D eigenvalue weighted by Gasteiger charge is -2.33. The molecule has 0 radical (unpaired) electrons. The highest BCUT2D eigenvalue weighted by Gasteiger charge is 2.20. The summed E-state index contributed by atoms with van der Waals surface area (Å²) in [5.41, 5.74) is 5.65. The van der Waals surface area contributed by atoms with Crippen molar-refractivity contribution >= 4 is 0 Å². The minimum atomic E-state index is 0.189. The van der Waals surface area contributed by atoms with Crippen molar-refractivity contribution < 1.29 is 9.47 Å². The van der Waals surface area contributed by atoms with Crippen LogP contribution in [0.5, 0.6) is 0 Å². The van der Waals surface area contributed by atoms with Gasteiger partial charge in [-0.25, -0.2) is 0 Å². The van der Waals surface area contributed by atoms with Crippen LogP contribution in [0.4, 0.5) is 0 Å². The molecule has 1 atom stereocenters. The van der Waals surface area contributed by atoms with Crippen LogP contribution in [0.1, 0.15) is 19.8 Å². The Morgan fingerprint density at radius 1 is 1.40 bits per heavy atom. The lowest BCUT2D eigenvalue weighted by molar-refractivity contribution is 0.00480. The van der Waals surface area contributed by atoms with Gasteiger partial charge in [0.15, 0.2) is 0 Å². The van der Waals surface area contributed by atoms with Crippen molar-refractivity contribution in [2.45, 2.75) is 32.0 Å². The molecule has 15 heavy (non-hydrogen) atoms. The van der Waals surface area contributed by atoms with Gasteiger partial charge >= 0.3 is 0 Å². The number of piperidine rings is 1. The van der Waals surface area contributed by atoms with E-state index in [1.807, 2.05) is 6.92 Å². The lowest BCUT2D eigenvalue weighted by Crippen LogP contribution is -2.43. The van der Waals surface area contributed by atoms with E-state index in [0.717, 1.165) is 39.1 Å². The van der Waals surface area contributed by atoms with Gasteiger partial charge in [-0.2, -0.15) is 0 Å². The van der Waals surface area contributed by atoms with Crippen LogP contribution < -0.4 is 5.73 Å². The van der Waals surface area contributed by atoms with Gasteiger partial charge in [-0.3, -0.25) is 0 Å². The Balaban J connectivity index is 2.21. The van der Waals surface area contributed by atoms with Crippen LogP contribution in [-0.4, -0.2) is 57.0 Å². The maximum Gasteiger partial charge on any atom is 0.0823 e. The van der Waals surface area contributed by atoms with Crippen LogP contribution >= 0.6 is 0 Å². The summed E-state index contributed by atoms with van der Waals surface area (Å²) < 4.78 is 10.9. The molecule has 0 spiro atoms. The normalized spacial score (nSPS) is 21.8. The fourth-order valence-electron chi connectivity index (χ4n) is 2.05. The maximum atomic E-state index is 5.65. The van der Waals surface area contributed by atoms with Gasteiger partial charge in [0.25, 0.3) is 0 Å². The van der Waals surface area contributed by atoms with Crippen molar-refractivity contribution in [3.8, 4) is 0 Å². The number of ether oxygens (including phenoxy) is 2. The van der Waals surface area contributed by atoms with Crippen molar-refractivity contribution in [3.63, 3.8) is 0 Å². The van der Waals surface area contributed by atoms with Gasteiger partial charge in [-0.05, 0) is 19.8 Å². The van der Waals surface area contributed by atoms with E-state index in [9.17, 15) is 0 Å². The summed E-state index contributed by atoms with van der Waals surface area (Å²) in [6.45, 7) is 6.53. The number of nitrogens with zero attached hydrogens (tertiary/aromatic N) is 1. The molecular formula is C11H24N2O2. The second-order valence-corrected chi connectivity index (χ2v) is 4.05. The standard InChI is InChI=1S/C11H24N2O2/c1-3-15-11(8-12)9-13-6-4-10(14-2)5-7-13/h10-11H,3-9,12H2,1-2H3. The molecule has 0 bridgehead atoms. The number of hydrogen-bond donors (Lipinski definition) is 1. The van der Waals surface area contributed by atoms with Crippen molar-refractivity contribution in [3.05, 3.63) is 0 Å². The third kappa shape index (κ3) is 4.47. The second-order valence-electron chi connectivity index (χ2n) is 4.05. The predicted molar refractivity (Wildman–Crippen MR) is 60.9 cm³/mol. The molecule has 0 aromatic rings. The SMILES string of the molecule is CCOC(CN)CN1CCC(OC)CC1. The molecule has 4 nitrogen and oxygen atoms in total. The molecule has 1 aliphatic rings. The highest BCUT2D eigenvalue weighted by molar-refractivity contribution is 4.75. The van der Waals surface area contributed by atoms with Crippen LogP contribution in [0, 0.1) is 0 Å². The van der Waals surface area contributed by atoms with E-state index in [0.29, 0.717) is 12.6 Å². The monoisotopic (exact) mass is 216 g/mol. The Hall–Kier alpha value is -0.160. The lowest BCUT2D eigenvalue weighted by atomic mass is 10.1. The number of methoxy groups -OCH3 is 1. The minimum Gasteiger partial charge on any atom is -0.381 e. The zero-order chi connectivity index (χ0) is 11.1. The first-order chi connectivity index (χ1) is 7.30. The largest absolute Gasteiger partial charge is 0.381 e. The molecule has 4 heteroatoms. The van der Waals surface area contributed by atoms with Crippen molar-refractivity contribution in [2.75, 3.05) is 39.9 Å². The molecule has 90 valence electrons. The zero-order valence-corrected chi connectivity index (χ0v) is 9.95. The molecule has 0 aromatic carbocycles. The van der Waals surface area contributed by atoms with E-state index in [1.165, 1.54) is 0 Å². The van der Waals surface area contributed by atoms with E-state index >= 15 is 0 Å². The summed E-state index contributed by atoms with van der Waals surface area (Å²) >= 11 is 0. The molecular weight excluding hydrogens is 192 g/mol. The van der Waals surface area contributed by atoms with E-state index in [2.05, 4.69) is 4.90 Å². The van der Waals surface area contributed by atoms with E-state index in [-0.39, 0.29) is 6.10 Å². The van der Waals surface area contributed by atoms with Crippen LogP contribution in [0.3, 0.4) is 0 Å². The highest BCUT2D eigenvalue weighted by Crippen LogP contribution is 2.13. The molecule has 0 saturated carbocycles. The van der Waals surface area contributed by atoms with Gasteiger partial charge in [-0.15, -0.1) is 0 Å². The Labute approximate surface area is 92.7 Å². The van der Waals surface area contributed by atoms with Crippen molar-refractivity contribution in [1.29, 1.82) is 0 Å². The van der Waals surface area contributed by atoms with Gasteiger partial charge in [0.2, 0.25) is 0 Å². The Bertz CT molecular complexity index is 159. The van der Waals surface area contributed by atoms with Crippen molar-refractivity contribution in [1.82, 2.24) is 4.90 Å². The van der Waals surface area contributed by atoms with Gasteiger partial charge in [0.1, 0.15) is 0 Å². The van der Waals surface area contributed by atoms with Crippen LogP contribution in [-0.2, 0) is 9.47 Å². The summed E-state index contributed by atoms with van der Waals surface area (Å²) in [5, 5.41) is 0. The Kier molecular flexibility index (Phi) is 6.17. The number of likely N-dealkylation sites (tertiary alicyclic amines) is 1. The van der Waals surface area contributed by atoms with Gasteiger partial charge in [0, 0.05) is 39.9 Å². The summed E-state index contributed by atoms with van der Waals surface area (Å²) in [6, 6.07) is 0. The summed E-state index contributed by atoms with van der Waals surface area (Å²) in [4.78, 5) is 2.42. The minimum absolute atomic E-state index is 0.189. The number of rotatable bonds is 6. The number of hydrogen-bond acceptors (Lipinski definition) is 4. The Morgan fingerprint density at radius 3 is 2.53 bits per heavy atom. The fraction of sp³-hybridized carbons (Fsp3) is 1.00. The molecule has 1 aliphatic heterocycles. The first kappa shape index (κ1) is 12.9. The van der Waals surface area contributed by atoms with Crippen LogP contribution in [0.15, 0.2) is 0 Å². The highest BCUT2D eigenvalue weighted by atomic mass is 16.5. The van der Waals surface area contributed by atoms with E-state index in [4.69, 9.17) is 15.2 Å². The average molecular weight is 216 g/mol. The predicted octanol–water partition coefficient (Wildman–Crippen LogP) is 0.461. The molecule has 0 amide bonds. The van der Waals surface area contributed by atoms with E-state index in [1.54, 1.807) is 7.11 Å². The maximum absolute atomic E-state index is 5.65. The third-order valence-electron chi connectivity index (χ3n) is 3.00. The third-order valence-corrected chi connectivity index (χ3v) is 3.00. The average Bonchev–Trinajstić information content (AvgIpc) is 2.29. The molecule has 1 saturated heterocycles. The van der Waals surface area contributed by atoms with Gasteiger partial charge < -0.3 is 20.1 Å². The van der Waals surface area contributed by atoms with Gasteiger partial charge in [0.05, 0.1) is 12.2 Å². The molecule has 1 fully saturated rings. The quantitative estimate of drug-likeness (QED) is 0.701. The first-order valence-corrected chi connectivity index (χ1v) is 5.87. The smallest absolute Gasteiger partial charge is 0.0823 e. The van der Waals surface area contributed by atoms with E-state index < -0.39 is 0 Å². The fourth-order valence-corrected chi connectivity index (χ4v) is 2.05. The molecule has 1 unspecified atom stereocenters. The zero-order valence-electron chi connectivity index (χ0n) is 9.95. The molecule has 1 heterocycles. The van der Waals surface area contributed by atoms with Gasteiger partial charge in [-0.1, -0.05) is 0 Å². The summed E-state index contributed by atoms with van der Waals surface area (Å²) in [6.07, 6.45) is 2.89. The Morgan fingerprint density at radius 2 is 2.07 bits per heavy atom. The molecule has 0 aromatic heterocycles. The molecule has 0 aliphatic carbocycles. The molecule has 1 rings (SSSR count). The topological polar surface area (TPSA) is 47.7 Å². The summed E-state index contributed by atoms with van der Waals surface area (Å²) in [7, 11) is 1.79.